The number of hydrogen-bond acceptors (Lipinski definition) is 6. The number of anilines is 1. The number of rotatable bonds is 7. The minimum Gasteiger partial charge on any atom is -0.495 e. The number of aryl methyl sites for hydroxylation is 1. The number of carbonyl (C=O) groups excluding carboxylic acids is 1. The van der Waals surface area contributed by atoms with Crippen molar-refractivity contribution in [3.05, 3.63) is 50.2 Å². The molecule has 0 aliphatic rings. The van der Waals surface area contributed by atoms with Gasteiger partial charge in [-0.2, -0.15) is 0 Å². The monoisotopic (exact) mass is 335 g/mol. The van der Waals surface area contributed by atoms with Crippen molar-refractivity contribution in [3.63, 3.8) is 0 Å². The second-order valence-electron chi connectivity index (χ2n) is 4.80. The molecule has 1 aromatic carbocycles. The maximum Gasteiger partial charge on any atom is 0.271 e. The number of methoxy groups -OCH3 is 1. The third-order valence-corrected chi connectivity index (χ3v) is 4.27. The Morgan fingerprint density at radius 2 is 2.17 bits per heavy atom. The zero-order valence-electron chi connectivity index (χ0n) is 12.8. The number of benzene rings is 1. The van der Waals surface area contributed by atoms with Gasteiger partial charge in [-0.3, -0.25) is 14.9 Å². The molecular formula is C15H17N3O4S. The molecule has 7 nitrogen and oxygen atoms in total. The smallest absolute Gasteiger partial charge is 0.271 e. The minimum absolute atomic E-state index is 0.00193. The van der Waals surface area contributed by atoms with Gasteiger partial charge in [0.05, 0.1) is 30.8 Å². The first-order chi connectivity index (χ1) is 11.0. The molecule has 2 N–H and O–H groups in total. The topological polar surface area (TPSA) is 93.5 Å². The first-order valence-corrected chi connectivity index (χ1v) is 7.75. The quantitative estimate of drug-likeness (QED) is 0.599. The lowest BCUT2D eigenvalue weighted by Crippen LogP contribution is -2.29. The lowest BCUT2D eigenvalue weighted by atomic mass is 10.2. The van der Waals surface area contributed by atoms with Crippen LogP contribution in [0.15, 0.2) is 29.6 Å². The van der Waals surface area contributed by atoms with Crippen molar-refractivity contribution in [2.75, 3.05) is 19.0 Å². The molecule has 0 fully saturated rings. The molecule has 2 aromatic rings. The Morgan fingerprint density at radius 1 is 1.39 bits per heavy atom. The second-order valence-corrected chi connectivity index (χ2v) is 5.80. The number of amides is 1. The summed E-state index contributed by atoms with van der Waals surface area (Å²) >= 11 is 1.59. The highest BCUT2D eigenvalue weighted by Crippen LogP contribution is 2.28. The van der Waals surface area contributed by atoms with E-state index in [2.05, 4.69) is 10.6 Å². The minimum atomic E-state index is -0.496. The van der Waals surface area contributed by atoms with Crippen LogP contribution in [0.2, 0.25) is 0 Å². The van der Waals surface area contributed by atoms with Crippen LogP contribution in [0.3, 0.4) is 0 Å². The van der Waals surface area contributed by atoms with Crippen LogP contribution in [-0.2, 0) is 11.3 Å². The highest BCUT2D eigenvalue weighted by atomic mass is 32.1. The average molecular weight is 335 g/mol. The molecule has 1 amide bonds. The molecule has 23 heavy (non-hydrogen) atoms. The fourth-order valence-corrected chi connectivity index (χ4v) is 2.80. The van der Waals surface area contributed by atoms with Crippen LogP contribution in [0.25, 0.3) is 0 Å². The number of nitrogens with one attached hydrogen (secondary N) is 2. The Bertz CT molecular complexity index is 714. The molecule has 0 unspecified atom stereocenters. The van der Waals surface area contributed by atoms with E-state index in [1.165, 1.54) is 25.3 Å². The van der Waals surface area contributed by atoms with Gasteiger partial charge in [-0.25, -0.2) is 0 Å². The molecule has 122 valence electrons. The van der Waals surface area contributed by atoms with E-state index < -0.39 is 4.92 Å². The lowest BCUT2D eigenvalue weighted by Gasteiger charge is -2.11. The molecule has 0 aliphatic heterocycles. The average Bonchev–Trinajstić information content (AvgIpc) is 2.95. The first-order valence-electron chi connectivity index (χ1n) is 6.87. The SMILES string of the molecule is COc1ccc([N+](=O)[O-])cc1NCC(=O)NCc1sccc1C. The molecule has 0 atom stereocenters. The van der Waals surface area contributed by atoms with Crippen LogP contribution in [0.5, 0.6) is 5.75 Å². The standard InChI is InChI=1S/C15H17N3O4S/c1-10-5-6-23-14(10)8-17-15(19)9-16-12-7-11(18(20)21)3-4-13(12)22-2/h3-7,16H,8-9H2,1-2H3,(H,17,19). The summed E-state index contributed by atoms with van der Waals surface area (Å²) in [7, 11) is 1.46. The van der Waals surface area contributed by atoms with E-state index in [1.807, 2.05) is 18.4 Å². The Labute approximate surface area is 137 Å². The first kappa shape index (κ1) is 16.8. The summed E-state index contributed by atoms with van der Waals surface area (Å²) < 4.78 is 5.13. The fourth-order valence-electron chi connectivity index (χ4n) is 1.95. The number of hydrogen-bond donors (Lipinski definition) is 2. The number of nitro groups is 1. The van der Waals surface area contributed by atoms with Crippen molar-refractivity contribution in [2.24, 2.45) is 0 Å². The summed E-state index contributed by atoms with van der Waals surface area (Å²) in [6, 6.07) is 6.19. The van der Waals surface area contributed by atoms with E-state index in [0.29, 0.717) is 18.0 Å². The van der Waals surface area contributed by atoms with Crippen LogP contribution in [0.1, 0.15) is 10.4 Å². The van der Waals surface area contributed by atoms with Crippen molar-refractivity contribution in [3.8, 4) is 5.75 Å². The van der Waals surface area contributed by atoms with Gasteiger partial charge < -0.3 is 15.4 Å². The highest BCUT2D eigenvalue weighted by Gasteiger charge is 2.12. The molecule has 2 rings (SSSR count). The number of thiophene rings is 1. The normalized spacial score (nSPS) is 10.2. The molecule has 8 heteroatoms. The molecular weight excluding hydrogens is 318 g/mol. The predicted molar refractivity (Wildman–Crippen MR) is 89.0 cm³/mol. The number of ether oxygens (including phenoxy) is 1. The van der Waals surface area contributed by atoms with Gasteiger partial charge in [0, 0.05) is 17.0 Å². The van der Waals surface area contributed by atoms with Crippen LogP contribution >= 0.6 is 11.3 Å². The zero-order chi connectivity index (χ0) is 16.8. The molecule has 1 heterocycles. The summed E-state index contributed by atoms with van der Waals surface area (Å²) in [6.45, 7) is 2.46. The van der Waals surface area contributed by atoms with Crippen molar-refractivity contribution >= 4 is 28.6 Å². The maximum absolute atomic E-state index is 11.9. The number of non-ortho nitro benzene ring substituents is 1. The van der Waals surface area contributed by atoms with Crippen LogP contribution < -0.4 is 15.4 Å². The predicted octanol–water partition coefficient (Wildman–Crippen LogP) is 2.70. The van der Waals surface area contributed by atoms with E-state index in [1.54, 1.807) is 11.3 Å². The molecule has 0 saturated heterocycles. The van der Waals surface area contributed by atoms with Gasteiger partial charge in [0.1, 0.15) is 5.75 Å². The summed E-state index contributed by atoms with van der Waals surface area (Å²) in [5.74, 6) is 0.240. The van der Waals surface area contributed by atoms with E-state index in [-0.39, 0.29) is 18.1 Å². The number of nitrogens with zero attached hydrogens (tertiary/aromatic N) is 1. The van der Waals surface area contributed by atoms with E-state index >= 15 is 0 Å². The van der Waals surface area contributed by atoms with Crippen molar-refractivity contribution in [1.82, 2.24) is 5.32 Å². The maximum atomic E-state index is 11.9. The number of carbonyl (C=O) groups is 1. The molecule has 0 bridgehead atoms. The van der Waals surface area contributed by atoms with Gasteiger partial charge in [-0.15, -0.1) is 11.3 Å². The Balaban J connectivity index is 1.94. The van der Waals surface area contributed by atoms with Crippen molar-refractivity contribution in [2.45, 2.75) is 13.5 Å². The van der Waals surface area contributed by atoms with Crippen LogP contribution in [0.4, 0.5) is 11.4 Å². The summed E-state index contributed by atoms with van der Waals surface area (Å²) in [6.07, 6.45) is 0. The summed E-state index contributed by atoms with van der Waals surface area (Å²) in [5, 5.41) is 18.5. The van der Waals surface area contributed by atoms with E-state index in [0.717, 1.165) is 10.4 Å². The summed E-state index contributed by atoms with van der Waals surface area (Å²) in [5.41, 5.74) is 1.48. The van der Waals surface area contributed by atoms with Gasteiger partial charge in [0.15, 0.2) is 0 Å². The largest absolute Gasteiger partial charge is 0.495 e. The van der Waals surface area contributed by atoms with Gasteiger partial charge in [-0.1, -0.05) is 0 Å². The molecule has 0 radical (unpaired) electrons. The molecule has 1 aromatic heterocycles. The number of nitro benzene ring substituents is 1. The van der Waals surface area contributed by atoms with Gasteiger partial charge >= 0.3 is 0 Å². The fraction of sp³-hybridized carbons (Fsp3) is 0.267. The Hall–Kier alpha value is -2.61. The van der Waals surface area contributed by atoms with Gasteiger partial charge in [-0.05, 0) is 30.0 Å². The zero-order valence-corrected chi connectivity index (χ0v) is 13.6. The Kier molecular flexibility index (Phi) is 5.53. The van der Waals surface area contributed by atoms with E-state index in [9.17, 15) is 14.9 Å². The van der Waals surface area contributed by atoms with Crippen molar-refractivity contribution in [1.29, 1.82) is 0 Å². The van der Waals surface area contributed by atoms with E-state index in [4.69, 9.17) is 4.74 Å². The summed E-state index contributed by atoms with van der Waals surface area (Å²) in [4.78, 5) is 23.3. The Morgan fingerprint density at radius 3 is 2.78 bits per heavy atom. The third kappa shape index (κ3) is 4.43. The van der Waals surface area contributed by atoms with Gasteiger partial charge in [0.25, 0.3) is 5.69 Å². The molecule has 0 saturated carbocycles. The highest BCUT2D eigenvalue weighted by molar-refractivity contribution is 7.10. The molecule has 0 aliphatic carbocycles. The second kappa shape index (κ2) is 7.59. The lowest BCUT2D eigenvalue weighted by molar-refractivity contribution is -0.384. The third-order valence-electron chi connectivity index (χ3n) is 3.25. The van der Waals surface area contributed by atoms with Crippen molar-refractivity contribution < 1.29 is 14.5 Å². The van der Waals surface area contributed by atoms with Crippen LogP contribution in [-0.4, -0.2) is 24.5 Å². The van der Waals surface area contributed by atoms with Gasteiger partial charge in [0.2, 0.25) is 5.91 Å². The molecule has 0 spiro atoms. The van der Waals surface area contributed by atoms with Crippen LogP contribution in [0, 0.1) is 17.0 Å².